The number of aryl methyl sites for hydroxylation is 1. The lowest BCUT2D eigenvalue weighted by atomic mass is 10.2. The Morgan fingerprint density at radius 3 is 2.81 bits per heavy atom. The number of hydrogen-bond donors (Lipinski definition) is 2. The summed E-state index contributed by atoms with van der Waals surface area (Å²) in [4.78, 5) is 22.2. The molecule has 0 aromatic carbocycles. The third-order valence-electron chi connectivity index (χ3n) is 2.00. The van der Waals surface area contributed by atoms with Crippen LogP contribution in [0.5, 0.6) is 0 Å². The van der Waals surface area contributed by atoms with E-state index in [4.69, 9.17) is 5.11 Å². The van der Waals surface area contributed by atoms with Crippen molar-refractivity contribution < 1.29 is 19.4 Å². The number of ether oxygens (including phenoxy) is 1. The van der Waals surface area contributed by atoms with Gasteiger partial charge in [0.15, 0.2) is 6.10 Å². The van der Waals surface area contributed by atoms with Gasteiger partial charge in [-0.1, -0.05) is 0 Å². The van der Waals surface area contributed by atoms with Gasteiger partial charge in [0.25, 0.3) is 5.91 Å². The van der Waals surface area contributed by atoms with Gasteiger partial charge in [-0.15, -0.1) is 0 Å². The third-order valence-corrected chi connectivity index (χ3v) is 2.72. The van der Waals surface area contributed by atoms with Gasteiger partial charge in [0.2, 0.25) is 0 Å². The van der Waals surface area contributed by atoms with Crippen LogP contribution < -0.4 is 5.32 Å². The molecule has 1 unspecified atom stereocenters. The molecule has 1 aromatic heterocycles. The van der Waals surface area contributed by atoms with Crippen molar-refractivity contribution in [1.29, 1.82) is 0 Å². The fraction of sp³-hybridized carbons (Fsp3) is 0.444. The van der Waals surface area contributed by atoms with Crippen LogP contribution >= 0.6 is 11.5 Å². The Bertz CT molecular complexity index is 391. The number of nitrogens with zero attached hydrogens (tertiary/aromatic N) is 1. The van der Waals surface area contributed by atoms with Gasteiger partial charge in [-0.2, -0.15) is 4.37 Å². The van der Waals surface area contributed by atoms with Gasteiger partial charge in [-0.25, -0.2) is 4.79 Å². The van der Waals surface area contributed by atoms with Crippen LogP contribution in [0.3, 0.4) is 0 Å². The van der Waals surface area contributed by atoms with Gasteiger partial charge in [-0.3, -0.25) is 4.79 Å². The highest BCUT2D eigenvalue weighted by molar-refractivity contribution is 7.03. The minimum absolute atomic E-state index is 0.0695. The summed E-state index contributed by atoms with van der Waals surface area (Å²) in [5.41, 5.74) is 1.09. The molecule has 0 aliphatic rings. The first kappa shape index (κ1) is 12.6. The molecule has 7 heteroatoms. The molecule has 88 valence electrons. The van der Waals surface area contributed by atoms with E-state index < -0.39 is 12.1 Å². The molecule has 1 aromatic rings. The van der Waals surface area contributed by atoms with Crippen LogP contribution in [-0.4, -0.2) is 41.1 Å². The number of aliphatic carboxylic acids is 1. The van der Waals surface area contributed by atoms with Crippen LogP contribution in [0.2, 0.25) is 0 Å². The van der Waals surface area contributed by atoms with Gasteiger partial charge in [0.1, 0.15) is 0 Å². The highest BCUT2D eigenvalue weighted by Gasteiger charge is 2.18. The highest BCUT2D eigenvalue weighted by atomic mass is 32.1. The maximum Gasteiger partial charge on any atom is 0.334 e. The second kappa shape index (κ2) is 5.57. The maximum atomic E-state index is 11.6. The van der Waals surface area contributed by atoms with Crippen LogP contribution in [0.15, 0.2) is 5.38 Å². The topological polar surface area (TPSA) is 88.5 Å². The molecule has 0 spiro atoms. The standard InChI is InChI=1S/C9H12N2O4S/c1-5-6(4-16-11-5)8(12)10-3-7(15-2)9(13)14/h4,7H,3H2,1-2H3,(H,10,12)(H,13,14). The van der Waals surface area contributed by atoms with E-state index in [1.807, 2.05) is 0 Å². The summed E-state index contributed by atoms with van der Waals surface area (Å²) in [5.74, 6) is -1.45. The van der Waals surface area contributed by atoms with E-state index in [1.54, 1.807) is 12.3 Å². The summed E-state index contributed by atoms with van der Waals surface area (Å²) in [6, 6.07) is 0. The van der Waals surface area contributed by atoms with Crippen molar-refractivity contribution in [3.63, 3.8) is 0 Å². The molecule has 0 radical (unpaired) electrons. The van der Waals surface area contributed by atoms with Crippen molar-refractivity contribution >= 4 is 23.4 Å². The molecule has 0 saturated heterocycles. The summed E-state index contributed by atoms with van der Waals surface area (Å²) in [5, 5.41) is 12.8. The van der Waals surface area contributed by atoms with E-state index in [-0.39, 0.29) is 12.5 Å². The Morgan fingerprint density at radius 2 is 2.38 bits per heavy atom. The monoisotopic (exact) mass is 244 g/mol. The van der Waals surface area contributed by atoms with E-state index in [9.17, 15) is 9.59 Å². The summed E-state index contributed by atoms with van der Waals surface area (Å²) in [6.07, 6.45) is -1.03. The number of carbonyl (C=O) groups excluding carboxylic acids is 1. The predicted octanol–water partition coefficient (Wildman–Crippen LogP) is 0.281. The highest BCUT2D eigenvalue weighted by Crippen LogP contribution is 2.08. The molecule has 6 nitrogen and oxygen atoms in total. The molecule has 0 bridgehead atoms. The van der Waals surface area contributed by atoms with Gasteiger partial charge in [0, 0.05) is 12.5 Å². The zero-order valence-corrected chi connectivity index (χ0v) is 9.71. The Morgan fingerprint density at radius 1 is 1.69 bits per heavy atom. The van der Waals surface area contributed by atoms with Crippen molar-refractivity contribution in [2.45, 2.75) is 13.0 Å². The molecule has 0 fully saturated rings. The molecule has 0 saturated carbocycles. The van der Waals surface area contributed by atoms with Crippen molar-refractivity contribution in [2.75, 3.05) is 13.7 Å². The Kier molecular flexibility index (Phi) is 4.39. The van der Waals surface area contributed by atoms with E-state index >= 15 is 0 Å². The molecular formula is C9H12N2O4S. The summed E-state index contributed by atoms with van der Waals surface area (Å²) >= 11 is 1.18. The average molecular weight is 244 g/mol. The fourth-order valence-corrected chi connectivity index (χ4v) is 1.75. The zero-order chi connectivity index (χ0) is 12.1. The van der Waals surface area contributed by atoms with Crippen LogP contribution in [0, 0.1) is 6.92 Å². The quantitative estimate of drug-likeness (QED) is 0.776. The lowest BCUT2D eigenvalue weighted by molar-refractivity contribution is -0.147. The molecule has 16 heavy (non-hydrogen) atoms. The second-order valence-electron chi connectivity index (χ2n) is 3.09. The largest absolute Gasteiger partial charge is 0.479 e. The number of carboxylic acids is 1. The SMILES string of the molecule is COC(CNC(=O)c1csnc1C)C(=O)O. The number of methoxy groups -OCH3 is 1. The number of carbonyl (C=O) groups is 2. The van der Waals surface area contributed by atoms with E-state index in [2.05, 4.69) is 14.4 Å². The van der Waals surface area contributed by atoms with Crippen molar-refractivity contribution in [3.05, 3.63) is 16.6 Å². The number of carboxylic acid groups (broad SMARTS) is 1. The molecule has 2 N–H and O–H groups in total. The average Bonchev–Trinajstić information content (AvgIpc) is 2.64. The molecular weight excluding hydrogens is 232 g/mol. The zero-order valence-electron chi connectivity index (χ0n) is 8.89. The number of rotatable bonds is 5. The number of aromatic nitrogens is 1. The van der Waals surface area contributed by atoms with Crippen LogP contribution in [0.25, 0.3) is 0 Å². The fourth-order valence-electron chi connectivity index (χ4n) is 1.06. The number of nitrogens with one attached hydrogen (secondary N) is 1. The lowest BCUT2D eigenvalue weighted by Gasteiger charge is -2.10. The molecule has 0 aliphatic carbocycles. The first-order valence-electron chi connectivity index (χ1n) is 4.51. The lowest BCUT2D eigenvalue weighted by Crippen LogP contribution is -2.37. The summed E-state index contributed by atoms with van der Waals surface area (Å²) < 4.78 is 8.64. The Labute approximate surface area is 96.4 Å². The third kappa shape index (κ3) is 3.01. The van der Waals surface area contributed by atoms with Crippen molar-refractivity contribution in [3.8, 4) is 0 Å². The van der Waals surface area contributed by atoms with Crippen molar-refractivity contribution in [2.24, 2.45) is 0 Å². The minimum Gasteiger partial charge on any atom is -0.479 e. The van der Waals surface area contributed by atoms with Crippen LogP contribution in [0.1, 0.15) is 16.1 Å². The van der Waals surface area contributed by atoms with Gasteiger partial charge in [-0.05, 0) is 18.5 Å². The van der Waals surface area contributed by atoms with E-state index in [1.165, 1.54) is 18.6 Å². The summed E-state index contributed by atoms with van der Waals surface area (Å²) in [7, 11) is 1.28. The Hall–Kier alpha value is -1.47. The van der Waals surface area contributed by atoms with Crippen molar-refractivity contribution in [1.82, 2.24) is 9.69 Å². The van der Waals surface area contributed by atoms with Gasteiger partial charge in [0.05, 0.1) is 17.8 Å². The number of amides is 1. The normalized spacial score (nSPS) is 12.1. The molecule has 0 aliphatic heterocycles. The van der Waals surface area contributed by atoms with Gasteiger partial charge >= 0.3 is 5.97 Å². The molecule has 1 rings (SSSR count). The minimum atomic E-state index is -1.11. The molecule has 1 heterocycles. The number of hydrogen-bond acceptors (Lipinski definition) is 5. The van der Waals surface area contributed by atoms with E-state index in [0.29, 0.717) is 11.3 Å². The molecule has 1 amide bonds. The first-order chi connectivity index (χ1) is 7.56. The summed E-state index contributed by atoms with van der Waals surface area (Å²) in [6.45, 7) is 1.65. The second-order valence-corrected chi connectivity index (χ2v) is 3.72. The predicted molar refractivity (Wildman–Crippen MR) is 57.6 cm³/mol. The smallest absolute Gasteiger partial charge is 0.334 e. The van der Waals surface area contributed by atoms with E-state index in [0.717, 1.165) is 0 Å². The van der Waals surface area contributed by atoms with Crippen LogP contribution in [0.4, 0.5) is 0 Å². The van der Waals surface area contributed by atoms with Crippen LogP contribution in [-0.2, 0) is 9.53 Å². The van der Waals surface area contributed by atoms with Gasteiger partial charge < -0.3 is 15.2 Å². The maximum absolute atomic E-state index is 11.6. The molecule has 1 atom stereocenters. The Balaban J connectivity index is 2.53. The first-order valence-corrected chi connectivity index (χ1v) is 5.34.